The fourth-order valence-electron chi connectivity index (χ4n) is 5.08. The monoisotopic (exact) mass is 612 g/mol. The first-order chi connectivity index (χ1) is 20.1. The standard InChI is InChI=1S/C27H24F6N5O3S/c1-2-8-40-15-9-16(28)24(17(29)10-15)22-12-18(36-41-22)20-14-42-27(34-20)38(6-4-3-5-7-38)23(39)13-37-21(26(32)33)11-19(35-37)25(30)31/h1,9-11,14,22,25-26H,3-8,12-13H2/q+1. The van der Waals surface area contributed by atoms with Crippen molar-refractivity contribution in [2.45, 2.75) is 51.2 Å². The molecule has 2 aliphatic heterocycles. The van der Waals surface area contributed by atoms with Crippen molar-refractivity contribution in [2.75, 3.05) is 19.7 Å². The molecular weight excluding hydrogens is 588 g/mol. The van der Waals surface area contributed by atoms with Crippen molar-refractivity contribution in [3.63, 3.8) is 0 Å². The second-order valence-electron chi connectivity index (χ2n) is 9.77. The highest BCUT2D eigenvalue weighted by Crippen LogP contribution is 2.38. The lowest BCUT2D eigenvalue weighted by Crippen LogP contribution is -2.58. The van der Waals surface area contributed by atoms with Gasteiger partial charge in [0.25, 0.3) is 18.0 Å². The second kappa shape index (κ2) is 12.1. The number of carbonyl (C=O) groups excluding carboxylic acids is 1. The molecule has 1 amide bonds. The molecule has 1 aromatic carbocycles. The number of amides is 1. The second-order valence-corrected chi connectivity index (χ2v) is 10.6. The van der Waals surface area contributed by atoms with Gasteiger partial charge in [-0.15, -0.1) is 6.42 Å². The van der Waals surface area contributed by atoms with Crippen LogP contribution in [-0.2, 0) is 16.2 Å². The Bertz CT molecular complexity index is 1520. The van der Waals surface area contributed by atoms with E-state index < -0.39 is 54.4 Å². The average molecular weight is 613 g/mol. The highest BCUT2D eigenvalue weighted by molar-refractivity contribution is 7.13. The summed E-state index contributed by atoms with van der Waals surface area (Å²) in [5.41, 5.74) is -1.33. The minimum absolute atomic E-state index is 0.0169. The number of likely N-dealkylation sites (tertiary alicyclic amines) is 1. The average Bonchev–Trinajstić information content (AvgIpc) is 3.72. The number of carbonyl (C=O) groups is 1. The van der Waals surface area contributed by atoms with Crippen LogP contribution in [0.15, 0.2) is 28.7 Å². The van der Waals surface area contributed by atoms with Crippen LogP contribution in [0, 0.1) is 24.0 Å². The maximum absolute atomic E-state index is 14.8. The number of ether oxygens (including phenoxy) is 1. The molecule has 0 N–H and O–H groups in total. The number of benzene rings is 1. The summed E-state index contributed by atoms with van der Waals surface area (Å²) in [4.78, 5) is 23.6. The third-order valence-electron chi connectivity index (χ3n) is 7.14. The Hall–Kier alpha value is -3.90. The summed E-state index contributed by atoms with van der Waals surface area (Å²) < 4.78 is 88.4. The van der Waals surface area contributed by atoms with Gasteiger partial charge in [-0.1, -0.05) is 22.4 Å². The molecule has 0 spiro atoms. The number of rotatable bonds is 9. The molecule has 8 nitrogen and oxygen atoms in total. The molecule has 222 valence electrons. The van der Waals surface area contributed by atoms with Gasteiger partial charge in [0.05, 0.1) is 18.7 Å². The first-order valence-corrected chi connectivity index (χ1v) is 13.8. The topological polar surface area (TPSA) is 78.6 Å². The fraction of sp³-hybridized carbons (Fsp3) is 0.407. The van der Waals surface area contributed by atoms with Gasteiger partial charge in [0.15, 0.2) is 12.6 Å². The molecule has 2 aromatic heterocycles. The highest BCUT2D eigenvalue weighted by atomic mass is 32.1. The first-order valence-electron chi connectivity index (χ1n) is 12.9. The number of nitrogens with zero attached hydrogens (tertiary/aromatic N) is 5. The van der Waals surface area contributed by atoms with Gasteiger partial charge < -0.3 is 9.57 Å². The summed E-state index contributed by atoms with van der Waals surface area (Å²) >= 11 is 1.14. The summed E-state index contributed by atoms with van der Waals surface area (Å²) in [6.07, 6.45) is -0.0204. The van der Waals surface area contributed by atoms with Crippen LogP contribution in [0.4, 0.5) is 31.5 Å². The quantitative estimate of drug-likeness (QED) is 0.166. The normalized spacial score (nSPS) is 18.2. The molecule has 1 saturated heterocycles. The smallest absolute Gasteiger partial charge is 0.342 e. The molecule has 0 saturated carbocycles. The van der Waals surface area contributed by atoms with E-state index in [1.54, 1.807) is 5.38 Å². The molecule has 42 heavy (non-hydrogen) atoms. The molecule has 1 unspecified atom stereocenters. The number of piperidine rings is 1. The summed E-state index contributed by atoms with van der Waals surface area (Å²) in [6, 6.07) is 2.59. The molecule has 0 bridgehead atoms. The van der Waals surface area contributed by atoms with Crippen molar-refractivity contribution in [1.82, 2.24) is 19.2 Å². The van der Waals surface area contributed by atoms with Crippen molar-refractivity contribution < 1.29 is 40.7 Å². The number of oxime groups is 1. The van der Waals surface area contributed by atoms with Crippen molar-refractivity contribution in [3.8, 4) is 18.1 Å². The van der Waals surface area contributed by atoms with Gasteiger partial charge in [0.2, 0.25) is 0 Å². The van der Waals surface area contributed by atoms with Gasteiger partial charge >= 0.3 is 5.91 Å². The van der Waals surface area contributed by atoms with E-state index in [1.807, 2.05) is 0 Å². The number of terminal acetylenes is 1. The zero-order valence-corrected chi connectivity index (χ0v) is 22.7. The van der Waals surface area contributed by atoms with Crippen LogP contribution in [0.2, 0.25) is 0 Å². The Labute approximate surface area is 240 Å². The van der Waals surface area contributed by atoms with Crippen LogP contribution in [0.1, 0.15) is 67.3 Å². The van der Waals surface area contributed by atoms with E-state index in [9.17, 15) is 31.1 Å². The number of hydrogen-bond acceptors (Lipinski definition) is 7. The summed E-state index contributed by atoms with van der Waals surface area (Å²) in [6.45, 7) is -0.150. The third kappa shape index (κ3) is 5.73. The lowest BCUT2D eigenvalue weighted by atomic mass is 10.0. The first kappa shape index (κ1) is 29.6. The van der Waals surface area contributed by atoms with Crippen LogP contribution < -0.4 is 9.22 Å². The minimum Gasteiger partial charge on any atom is -0.481 e. The Kier molecular flexibility index (Phi) is 8.55. The fourth-order valence-corrected chi connectivity index (χ4v) is 6.12. The van der Waals surface area contributed by atoms with Crippen molar-refractivity contribution >= 4 is 28.1 Å². The number of thiazole rings is 1. The van der Waals surface area contributed by atoms with Crippen LogP contribution in [0.25, 0.3) is 0 Å². The number of halogens is 6. The summed E-state index contributed by atoms with van der Waals surface area (Å²) in [5.74, 6) is -0.193. The molecule has 5 rings (SSSR count). The van der Waals surface area contributed by atoms with E-state index in [1.165, 1.54) is 0 Å². The molecular formula is C27H24F6N5O3S+. The Morgan fingerprint density at radius 1 is 1.14 bits per heavy atom. The lowest BCUT2D eigenvalue weighted by molar-refractivity contribution is -0.132. The van der Waals surface area contributed by atoms with Crippen molar-refractivity contribution in [3.05, 3.63) is 57.9 Å². The molecule has 3 aromatic rings. The number of aromatic nitrogens is 3. The van der Waals surface area contributed by atoms with Crippen LogP contribution in [0.5, 0.6) is 5.75 Å². The van der Waals surface area contributed by atoms with Gasteiger partial charge in [-0.25, -0.2) is 40.3 Å². The van der Waals surface area contributed by atoms with Crippen LogP contribution in [-0.4, -0.2) is 46.1 Å². The lowest BCUT2D eigenvalue weighted by Gasteiger charge is -2.36. The Balaban J connectivity index is 1.37. The SMILES string of the molecule is C#CCOc1cc(F)c(C2CC(c3csc([N+]4(C(=O)Cn5nc(C(F)F)cc5C(F)F)CCCCC4)n3)=NO2)c(F)c1. The minimum atomic E-state index is -3.10. The van der Waals surface area contributed by atoms with E-state index in [4.69, 9.17) is 16.0 Å². The molecule has 4 heterocycles. The Morgan fingerprint density at radius 3 is 2.50 bits per heavy atom. The van der Waals surface area contributed by atoms with E-state index in [2.05, 4.69) is 21.2 Å². The predicted octanol–water partition coefficient (Wildman–Crippen LogP) is 6.09. The summed E-state index contributed by atoms with van der Waals surface area (Å²) in [7, 11) is 0. The molecule has 2 aliphatic rings. The number of alkyl halides is 4. The van der Waals surface area contributed by atoms with Gasteiger partial charge in [-0.2, -0.15) is 10.1 Å². The predicted molar refractivity (Wildman–Crippen MR) is 140 cm³/mol. The molecule has 1 fully saturated rings. The van der Waals surface area contributed by atoms with Gasteiger partial charge in [-0.05, 0) is 25.3 Å². The van der Waals surface area contributed by atoms with E-state index in [0.717, 1.165) is 29.9 Å². The van der Waals surface area contributed by atoms with Gasteiger partial charge in [0.1, 0.15) is 46.8 Å². The van der Waals surface area contributed by atoms with Crippen molar-refractivity contribution in [2.24, 2.45) is 5.16 Å². The molecule has 0 radical (unpaired) electrons. The zero-order chi connectivity index (χ0) is 30.0. The molecule has 15 heteroatoms. The van der Waals surface area contributed by atoms with E-state index >= 15 is 0 Å². The molecule has 0 aliphatic carbocycles. The van der Waals surface area contributed by atoms with E-state index in [-0.39, 0.29) is 28.8 Å². The largest absolute Gasteiger partial charge is 0.481 e. The third-order valence-corrected chi connectivity index (χ3v) is 8.13. The number of quaternary nitrogens is 1. The summed E-state index contributed by atoms with van der Waals surface area (Å²) in [5, 5.41) is 9.51. The zero-order valence-electron chi connectivity index (χ0n) is 21.9. The maximum atomic E-state index is 14.8. The van der Waals surface area contributed by atoms with Gasteiger partial charge in [-0.3, -0.25) is 0 Å². The van der Waals surface area contributed by atoms with Gasteiger partial charge in [0, 0.05) is 23.9 Å². The molecule has 1 atom stereocenters. The Morgan fingerprint density at radius 2 is 1.86 bits per heavy atom. The van der Waals surface area contributed by atoms with Crippen LogP contribution in [0.3, 0.4) is 0 Å². The highest BCUT2D eigenvalue weighted by Gasteiger charge is 2.44. The van der Waals surface area contributed by atoms with Crippen LogP contribution >= 0.6 is 11.3 Å². The van der Waals surface area contributed by atoms with Crippen molar-refractivity contribution in [1.29, 1.82) is 0 Å². The van der Waals surface area contributed by atoms with E-state index in [0.29, 0.717) is 53.2 Å². The maximum Gasteiger partial charge on any atom is 0.342 e. The number of hydrogen-bond donors (Lipinski definition) is 0.